The van der Waals surface area contributed by atoms with Crippen molar-refractivity contribution in [3.05, 3.63) is 47.8 Å². The van der Waals surface area contributed by atoms with Crippen molar-refractivity contribution in [2.45, 2.75) is 32.2 Å². The molecule has 0 unspecified atom stereocenters. The summed E-state index contributed by atoms with van der Waals surface area (Å²) in [5.74, 6) is -0.0149. The molecular formula is C23H27FN4O2. The topological polar surface area (TPSA) is 82.6 Å². The smallest absolute Gasteiger partial charge is 0.252 e. The Kier molecular flexibility index (Phi) is 5.24. The summed E-state index contributed by atoms with van der Waals surface area (Å²) in [4.78, 5) is 17.4. The number of nitrogens with zero attached hydrogens (tertiary/aromatic N) is 2. The summed E-state index contributed by atoms with van der Waals surface area (Å²) in [5, 5.41) is 7.73. The summed E-state index contributed by atoms with van der Waals surface area (Å²) in [6, 6.07) is 9.73. The van der Waals surface area contributed by atoms with E-state index in [2.05, 4.69) is 0 Å². The molecule has 2 aromatic rings. The predicted molar refractivity (Wildman–Crippen MR) is 117 cm³/mol. The lowest BCUT2D eigenvalue weighted by atomic mass is 9.90. The highest BCUT2D eigenvalue weighted by atomic mass is 19.1. The Bertz CT molecular complexity index is 968. The molecule has 2 aromatic carbocycles. The van der Waals surface area contributed by atoms with Gasteiger partial charge in [0.25, 0.3) is 5.91 Å². The van der Waals surface area contributed by atoms with Gasteiger partial charge in [0.1, 0.15) is 11.4 Å². The number of ether oxygens (including phenoxy) is 1. The third-order valence-electron chi connectivity index (χ3n) is 6.06. The Morgan fingerprint density at radius 2 is 1.87 bits per heavy atom. The van der Waals surface area contributed by atoms with Gasteiger partial charge < -0.3 is 25.7 Å². The zero-order valence-corrected chi connectivity index (χ0v) is 17.3. The molecule has 1 fully saturated rings. The Morgan fingerprint density at radius 1 is 1.20 bits per heavy atom. The number of nitrogens with two attached hydrogens (primary N) is 1. The van der Waals surface area contributed by atoms with E-state index in [9.17, 15) is 9.18 Å². The summed E-state index contributed by atoms with van der Waals surface area (Å²) < 4.78 is 19.0. The summed E-state index contributed by atoms with van der Waals surface area (Å²) in [6.45, 7) is 5.76. The van der Waals surface area contributed by atoms with Crippen LogP contribution in [0.5, 0.6) is 0 Å². The maximum atomic E-state index is 13.7. The van der Waals surface area contributed by atoms with Crippen LogP contribution in [0.2, 0.25) is 0 Å². The first kappa shape index (κ1) is 20.3. The lowest BCUT2D eigenvalue weighted by Gasteiger charge is -2.49. The standard InChI is InChI=1S/C23H27FN4O2/c1-23(2)22(29)27(14-15-7-9-30-10-8-15)20-12-19(26)16(13-25)11-21(20)28(23)18-5-3-17(24)4-6-18/h3-6,11-13,15,25H,7-10,14,26H2,1-2H3. The van der Waals surface area contributed by atoms with Gasteiger partial charge in [-0.1, -0.05) is 0 Å². The third kappa shape index (κ3) is 3.43. The number of carbonyl (C=O) groups is 1. The molecule has 0 spiro atoms. The van der Waals surface area contributed by atoms with E-state index < -0.39 is 5.54 Å². The molecule has 158 valence electrons. The molecule has 0 aliphatic carbocycles. The van der Waals surface area contributed by atoms with Crippen molar-refractivity contribution >= 4 is 34.9 Å². The normalized spacial score (nSPS) is 19.0. The highest BCUT2D eigenvalue weighted by Gasteiger charge is 2.46. The minimum absolute atomic E-state index is 0.0344. The van der Waals surface area contributed by atoms with E-state index in [0.29, 0.717) is 42.6 Å². The van der Waals surface area contributed by atoms with Crippen molar-refractivity contribution in [1.82, 2.24) is 0 Å². The molecule has 0 aromatic heterocycles. The van der Waals surface area contributed by atoms with Crippen molar-refractivity contribution < 1.29 is 13.9 Å². The van der Waals surface area contributed by atoms with Crippen molar-refractivity contribution in [3.8, 4) is 0 Å². The van der Waals surface area contributed by atoms with Gasteiger partial charge in [-0.3, -0.25) is 4.79 Å². The van der Waals surface area contributed by atoms with Crippen molar-refractivity contribution in [3.63, 3.8) is 0 Å². The second-order valence-electron chi connectivity index (χ2n) is 8.46. The molecule has 30 heavy (non-hydrogen) atoms. The van der Waals surface area contributed by atoms with Gasteiger partial charge >= 0.3 is 0 Å². The zero-order valence-electron chi connectivity index (χ0n) is 17.3. The Morgan fingerprint density at radius 3 is 2.50 bits per heavy atom. The lowest BCUT2D eigenvalue weighted by molar-refractivity contribution is -0.123. The molecule has 7 heteroatoms. The highest BCUT2D eigenvalue weighted by molar-refractivity contribution is 6.11. The first-order valence-corrected chi connectivity index (χ1v) is 10.2. The number of rotatable bonds is 4. The van der Waals surface area contributed by atoms with Crippen LogP contribution in [0.15, 0.2) is 36.4 Å². The van der Waals surface area contributed by atoms with Gasteiger partial charge in [0.15, 0.2) is 0 Å². The summed E-state index contributed by atoms with van der Waals surface area (Å²) >= 11 is 0. The third-order valence-corrected chi connectivity index (χ3v) is 6.06. The second kappa shape index (κ2) is 7.72. The SMILES string of the molecule is CC1(C)C(=O)N(CC2CCOCC2)c2cc(N)c(C=N)cc2N1c1ccc(F)cc1. The molecule has 4 rings (SSSR count). The number of hydrogen-bond acceptors (Lipinski definition) is 5. The van der Waals surface area contributed by atoms with Crippen molar-refractivity contribution in [2.24, 2.45) is 5.92 Å². The average Bonchev–Trinajstić information content (AvgIpc) is 2.73. The van der Waals surface area contributed by atoms with E-state index in [1.54, 1.807) is 18.2 Å². The fourth-order valence-electron chi connectivity index (χ4n) is 4.39. The van der Waals surface area contributed by atoms with E-state index in [0.717, 1.165) is 24.2 Å². The molecule has 2 aliphatic rings. The number of anilines is 4. The maximum absolute atomic E-state index is 13.7. The Hall–Kier alpha value is -2.93. The molecule has 0 atom stereocenters. The predicted octanol–water partition coefficient (Wildman–Crippen LogP) is 4.10. The van der Waals surface area contributed by atoms with Crippen LogP contribution in [-0.2, 0) is 9.53 Å². The van der Waals surface area contributed by atoms with Gasteiger partial charge in [0.2, 0.25) is 0 Å². The number of amides is 1. The number of nitrogen functional groups attached to an aromatic ring is 1. The van der Waals surface area contributed by atoms with E-state index >= 15 is 0 Å². The van der Waals surface area contributed by atoms with Crippen LogP contribution in [0.25, 0.3) is 0 Å². The highest BCUT2D eigenvalue weighted by Crippen LogP contribution is 2.47. The summed E-state index contributed by atoms with van der Waals surface area (Å²) in [5.41, 5.74) is 8.54. The Labute approximate surface area is 175 Å². The van der Waals surface area contributed by atoms with Gasteiger partial charge in [-0.15, -0.1) is 0 Å². The van der Waals surface area contributed by atoms with Crippen LogP contribution in [-0.4, -0.2) is 37.4 Å². The van der Waals surface area contributed by atoms with Gasteiger partial charge in [0.05, 0.1) is 11.4 Å². The van der Waals surface area contributed by atoms with Gasteiger partial charge in [-0.2, -0.15) is 0 Å². The first-order valence-electron chi connectivity index (χ1n) is 10.2. The maximum Gasteiger partial charge on any atom is 0.252 e. The van der Waals surface area contributed by atoms with Crippen molar-refractivity contribution in [1.29, 1.82) is 5.41 Å². The lowest BCUT2D eigenvalue weighted by Crippen LogP contribution is -2.59. The fraction of sp³-hybridized carbons (Fsp3) is 0.391. The van der Waals surface area contributed by atoms with Crippen LogP contribution in [0.4, 0.5) is 27.1 Å². The largest absolute Gasteiger partial charge is 0.398 e. The number of benzene rings is 2. The molecule has 6 nitrogen and oxygen atoms in total. The monoisotopic (exact) mass is 410 g/mol. The number of nitrogens with one attached hydrogen (secondary N) is 1. The van der Waals surface area contributed by atoms with Gasteiger partial charge in [-0.25, -0.2) is 4.39 Å². The second-order valence-corrected chi connectivity index (χ2v) is 8.46. The summed E-state index contributed by atoms with van der Waals surface area (Å²) in [6.07, 6.45) is 3.04. The van der Waals surface area contributed by atoms with Crippen LogP contribution < -0.4 is 15.5 Å². The quantitative estimate of drug-likeness (QED) is 0.587. The molecule has 2 aliphatic heterocycles. The van der Waals surface area contributed by atoms with Crippen LogP contribution in [0.3, 0.4) is 0 Å². The number of hydrogen-bond donors (Lipinski definition) is 2. The molecule has 0 saturated carbocycles. The van der Waals surface area contributed by atoms with E-state index in [4.69, 9.17) is 15.9 Å². The molecule has 1 amide bonds. The number of halogens is 1. The van der Waals surface area contributed by atoms with E-state index in [1.165, 1.54) is 18.3 Å². The number of carbonyl (C=O) groups excluding carboxylic acids is 1. The van der Waals surface area contributed by atoms with Crippen LogP contribution in [0.1, 0.15) is 32.3 Å². The molecule has 2 heterocycles. The molecular weight excluding hydrogens is 383 g/mol. The van der Waals surface area contributed by atoms with Gasteiger partial charge in [0, 0.05) is 42.9 Å². The van der Waals surface area contributed by atoms with Crippen LogP contribution >= 0.6 is 0 Å². The van der Waals surface area contributed by atoms with Crippen LogP contribution in [0, 0.1) is 17.1 Å². The first-order chi connectivity index (χ1) is 14.3. The van der Waals surface area contributed by atoms with Crippen molar-refractivity contribution in [2.75, 3.05) is 35.3 Å². The molecule has 3 N–H and O–H groups in total. The summed E-state index contributed by atoms with van der Waals surface area (Å²) in [7, 11) is 0. The molecule has 1 saturated heterocycles. The van der Waals surface area contributed by atoms with Gasteiger partial charge in [-0.05, 0) is 69.0 Å². The minimum atomic E-state index is -0.897. The van der Waals surface area contributed by atoms with E-state index in [-0.39, 0.29) is 11.7 Å². The fourth-order valence-corrected chi connectivity index (χ4v) is 4.39. The average molecular weight is 410 g/mol. The van der Waals surface area contributed by atoms with E-state index in [1.807, 2.05) is 29.7 Å². The zero-order chi connectivity index (χ0) is 21.5. The minimum Gasteiger partial charge on any atom is -0.398 e. The number of fused-ring (bicyclic) bond motifs is 1. The Balaban J connectivity index is 1.86. The molecule has 0 bridgehead atoms. The molecule has 0 radical (unpaired) electrons.